The number of benzene rings is 1. The maximum Gasteiger partial charge on any atom is 0.222 e. The Morgan fingerprint density at radius 1 is 1.00 bits per heavy atom. The van der Waals surface area contributed by atoms with E-state index in [1.165, 1.54) is 32.1 Å². The number of nitrogens with zero attached hydrogens (tertiary/aromatic N) is 1. The first-order valence-corrected chi connectivity index (χ1v) is 11.1. The lowest BCUT2D eigenvalue weighted by atomic mass is 9.78. The maximum atomic E-state index is 12.7. The minimum atomic E-state index is 0.275. The number of carbonyl (C=O) groups is 2. The molecule has 1 heterocycles. The molecule has 0 bridgehead atoms. The molecule has 4 nitrogen and oxygen atoms in total. The quantitative estimate of drug-likeness (QED) is 0.605. The second-order valence-electron chi connectivity index (χ2n) is 8.40. The van der Waals surface area contributed by atoms with Gasteiger partial charge in [-0.15, -0.1) is 0 Å². The van der Waals surface area contributed by atoms with Gasteiger partial charge >= 0.3 is 0 Å². The highest BCUT2D eigenvalue weighted by Crippen LogP contribution is 2.35. The first kappa shape index (κ1) is 20.9. The monoisotopic (exact) mass is 385 g/mol. The number of piperidine rings is 1. The van der Waals surface area contributed by atoms with Crippen LogP contribution in [-0.2, 0) is 16.0 Å². The van der Waals surface area contributed by atoms with Crippen LogP contribution in [0.4, 0.5) is 0 Å². The number of amides is 1. The Morgan fingerprint density at radius 2 is 1.75 bits per heavy atom. The van der Waals surface area contributed by atoms with Crippen LogP contribution in [0.15, 0.2) is 24.3 Å². The van der Waals surface area contributed by atoms with Crippen molar-refractivity contribution in [3.05, 3.63) is 29.8 Å². The Labute approximate surface area is 169 Å². The van der Waals surface area contributed by atoms with Gasteiger partial charge in [-0.2, -0.15) is 0 Å². The summed E-state index contributed by atoms with van der Waals surface area (Å²) in [5.41, 5.74) is 1.15. The first-order chi connectivity index (χ1) is 13.7. The summed E-state index contributed by atoms with van der Waals surface area (Å²) in [6.07, 6.45) is 11.5. The van der Waals surface area contributed by atoms with Crippen LogP contribution in [0, 0.1) is 5.92 Å². The Morgan fingerprint density at radius 3 is 2.61 bits per heavy atom. The first-order valence-electron chi connectivity index (χ1n) is 11.1. The molecule has 0 N–H and O–H groups in total. The van der Waals surface area contributed by atoms with Crippen LogP contribution in [-0.4, -0.2) is 36.3 Å². The molecule has 2 atom stereocenters. The fourth-order valence-electron chi connectivity index (χ4n) is 5.03. The Hall–Kier alpha value is -1.84. The Balaban J connectivity index is 1.35. The zero-order valence-corrected chi connectivity index (χ0v) is 17.3. The summed E-state index contributed by atoms with van der Waals surface area (Å²) in [7, 11) is 1.68. The van der Waals surface area contributed by atoms with Crippen molar-refractivity contribution in [2.75, 3.05) is 13.7 Å². The number of rotatable bonds is 9. The SMILES string of the molecule is COc1ccccc1CCCC(=O)CCCC(=O)N1CCCC2CCCCC21. The Bertz CT molecular complexity index is 655. The molecule has 1 aromatic carbocycles. The average molecular weight is 386 g/mol. The van der Waals surface area contributed by atoms with E-state index in [0.29, 0.717) is 31.7 Å². The fourth-order valence-corrected chi connectivity index (χ4v) is 5.03. The van der Waals surface area contributed by atoms with Gasteiger partial charge in [0, 0.05) is 31.8 Å². The summed E-state index contributed by atoms with van der Waals surface area (Å²) in [6, 6.07) is 8.45. The summed E-state index contributed by atoms with van der Waals surface area (Å²) in [6.45, 7) is 0.923. The number of ketones is 1. The van der Waals surface area contributed by atoms with Crippen molar-refractivity contribution in [1.82, 2.24) is 4.90 Å². The van der Waals surface area contributed by atoms with Gasteiger partial charge in [-0.3, -0.25) is 9.59 Å². The zero-order chi connectivity index (χ0) is 19.8. The molecule has 2 unspecified atom stereocenters. The molecule has 154 valence electrons. The molecule has 0 radical (unpaired) electrons. The number of aryl methyl sites for hydroxylation is 1. The van der Waals surface area contributed by atoms with Gasteiger partial charge < -0.3 is 9.64 Å². The fraction of sp³-hybridized carbons (Fsp3) is 0.667. The van der Waals surface area contributed by atoms with Gasteiger partial charge in [0.25, 0.3) is 0 Å². The van der Waals surface area contributed by atoms with Crippen LogP contribution < -0.4 is 4.74 Å². The van der Waals surface area contributed by atoms with Crippen molar-refractivity contribution >= 4 is 11.7 Å². The average Bonchev–Trinajstić information content (AvgIpc) is 2.73. The van der Waals surface area contributed by atoms with Gasteiger partial charge in [0.15, 0.2) is 0 Å². The number of likely N-dealkylation sites (tertiary alicyclic amines) is 1. The summed E-state index contributed by atoms with van der Waals surface area (Å²) in [5, 5.41) is 0. The van der Waals surface area contributed by atoms with Crippen LogP contribution in [0.1, 0.15) is 76.2 Å². The molecule has 1 saturated heterocycles. The van der Waals surface area contributed by atoms with Crippen molar-refractivity contribution in [2.45, 2.75) is 83.1 Å². The summed E-state index contributed by atoms with van der Waals surface area (Å²) < 4.78 is 5.36. The van der Waals surface area contributed by atoms with Crippen LogP contribution in [0.3, 0.4) is 0 Å². The zero-order valence-electron chi connectivity index (χ0n) is 17.3. The number of hydrogen-bond acceptors (Lipinski definition) is 3. The van der Waals surface area contributed by atoms with E-state index in [0.717, 1.165) is 43.0 Å². The standard InChI is InChI=1S/C24H35NO3/c1-28-23-16-5-3-10-20(23)11-6-13-21(26)14-7-17-24(27)25-18-8-12-19-9-2-4-15-22(19)25/h3,5,10,16,19,22H,2,4,6-9,11-15,17-18H2,1H3. The van der Waals surface area contributed by atoms with Crippen LogP contribution in [0.2, 0.25) is 0 Å². The third-order valence-electron chi connectivity index (χ3n) is 6.50. The van der Waals surface area contributed by atoms with E-state index in [9.17, 15) is 9.59 Å². The number of fused-ring (bicyclic) bond motifs is 1. The van der Waals surface area contributed by atoms with Crippen molar-refractivity contribution in [3.8, 4) is 5.75 Å². The van der Waals surface area contributed by atoms with Crippen LogP contribution in [0.5, 0.6) is 5.75 Å². The molecule has 28 heavy (non-hydrogen) atoms. The minimum absolute atomic E-state index is 0.275. The maximum absolute atomic E-state index is 12.7. The van der Waals surface area contributed by atoms with Gasteiger partial charge in [0.1, 0.15) is 11.5 Å². The van der Waals surface area contributed by atoms with E-state index in [-0.39, 0.29) is 11.7 Å². The molecular formula is C24H35NO3. The lowest BCUT2D eigenvalue weighted by Crippen LogP contribution is -2.49. The second-order valence-corrected chi connectivity index (χ2v) is 8.40. The number of carbonyl (C=O) groups excluding carboxylic acids is 2. The molecule has 1 amide bonds. The lowest BCUT2D eigenvalue weighted by Gasteiger charge is -2.44. The number of ether oxygens (including phenoxy) is 1. The molecule has 4 heteroatoms. The van der Waals surface area contributed by atoms with Gasteiger partial charge in [-0.25, -0.2) is 0 Å². The summed E-state index contributed by atoms with van der Waals surface area (Å²) in [5.74, 6) is 2.17. The molecule has 2 aliphatic rings. The van der Waals surface area contributed by atoms with E-state index < -0.39 is 0 Å². The molecule has 0 aromatic heterocycles. The highest BCUT2D eigenvalue weighted by atomic mass is 16.5. The van der Waals surface area contributed by atoms with Crippen LogP contribution >= 0.6 is 0 Å². The van der Waals surface area contributed by atoms with Gasteiger partial charge in [0.05, 0.1) is 7.11 Å². The third kappa shape index (κ3) is 5.59. The van der Waals surface area contributed by atoms with Gasteiger partial charge in [-0.1, -0.05) is 31.0 Å². The summed E-state index contributed by atoms with van der Waals surface area (Å²) in [4.78, 5) is 27.1. The summed E-state index contributed by atoms with van der Waals surface area (Å²) >= 11 is 0. The number of methoxy groups -OCH3 is 1. The van der Waals surface area contributed by atoms with E-state index >= 15 is 0 Å². The topological polar surface area (TPSA) is 46.6 Å². The normalized spacial score (nSPS) is 21.8. The number of hydrogen-bond donors (Lipinski definition) is 0. The molecule has 1 saturated carbocycles. The molecule has 2 fully saturated rings. The molecule has 1 aromatic rings. The highest BCUT2D eigenvalue weighted by Gasteiger charge is 2.35. The predicted molar refractivity (Wildman–Crippen MR) is 111 cm³/mol. The largest absolute Gasteiger partial charge is 0.496 e. The van der Waals surface area contributed by atoms with Crippen molar-refractivity contribution in [3.63, 3.8) is 0 Å². The van der Waals surface area contributed by atoms with Gasteiger partial charge in [-0.05, 0) is 62.5 Å². The molecule has 0 spiro atoms. The van der Waals surface area contributed by atoms with E-state index in [1.807, 2.05) is 18.2 Å². The van der Waals surface area contributed by atoms with E-state index in [4.69, 9.17) is 4.74 Å². The molecule has 3 rings (SSSR count). The number of Topliss-reactive ketones (excluding diaryl/α,β-unsaturated/α-hetero) is 1. The molecule has 1 aliphatic heterocycles. The molecule has 1 aliphatic carbocycles. The van der Waals surface area contributed by atoms with E-state index in [2.05, 4.69) is 11.0 Å². The van der Waals surface area contributed by atoms with Crippen molar-refractivity contribution < 1.29 is 14.3 Å². The second kappa shape index (κ2) is 10.6. The van der Waals surface area contributed by atoms with Crippen molar-refractivity contribution in [2.24, 2.45) is 5.92 Å². The van der Waals surface area contributed by atoms with Crippen LogP contribution in [0.25, 0.3) is 0 Å². The Kier molecular flexibility index (Phi) is 7.93. The lowest BCUT2D eigenvalue weighted by molar-refractivity contribution is -0.137. The van der Waals surface area contributed by atoms with Gasteiger partial charge in [0.2, 0.25) is 5.91 Å². The smallest absolute Gasteiger partial charge is 0.222 e. The number of para-hydroxylation sites is 1. The third-order valence-corrected chi connectivity index (χ3v) is 6.50. The predicted octanol–water partition coefficient (Wildman–Crippen LogP) is 4.94. The van der Waals surface area contributed by atoms with E-state index in [1.54, 1.807) is 7.11 Å². The molecular weight excluding hydrogens is 350 g/mol. The minimum Gasteiger partial charge on any atom is -0.496 e. The highest BCUT2D eigenvalue weighted by molar-refractivity contribution is 5.80. The van der Waals surface area contributed by atoms with Crippen molar-refractivity contribution in [1.29, 1.82) is 0 Å².